The molecule has 5 nitrogen and oxygen atoms in total. The molecule has 0 bridgehead atoms. The molecule has 0 spiro atoms. The highest BCUT2D eigenvalue weighted by molar-refractivity contribution is 5.80. The van der Waals surface area contributed by atoms with Gasteiger partial charge in [-0.25, -0.2) is 0 Å². The van der Waals surface area contributed by atoms with E-state index in [1.165, 1.54) is 0 Å². The van der Waals surface area contributed by atoms with Gasteiger partial charge in [-0.15, -0.1) is 0 Å². The van der Waals surface area contributed by atoms with Gasteiger partial charge in [-0.1, -0.05) is 18.2 Å². The van der Waals surface area contributed by atoms with E-state index in [0.29, 0.717) is 25.8 Å². The SMILES string of the molecule is CN(CCNC(=O)[C@@H]1CC[C@H](C(=O)O)C1)c1ccccc1. The number of carboxylic acid groups (broad SMARTS) is 1. The van der Waals surface area contributed by atoms with E-state index in [1.54, 1.807) is 0 Å². The third-order valence-electron chi connectivity index (χ3n) is 4.10. The molecular weight excluding hydrogens is 268 g/mol. The van der Waals surface area contributed by atoms with Gasteiger partial charge in [0.05, 0.1) is 5.92 Å². The van der Waals surface area contributed by atoms with E-state index in [9.17, 15) is 9.59 Å². The van der Waals surface area contributed by atoms with Gasteiger partial charge in [0.15, 0.2) is 0 Å². The summed E-state index contributed by atoms with van der Waals surface area (Å²) in [7, 11) is 1.98. The number of nitrogens with zero attached hydrogens (tertiary/aromatic N) is 1. The van der Waals surface area contributed by atoms with E-state index in [2.05, 4.69) is 10.2 Å². The molecule has 1 fully saturated rings. The van der Waals surface area contributed by atoms with Gasteiger partial charge in [-0.05, 0) is 31.4 Å². The quantitative estimate of drug-likeness (QED) is 0.837. The van der Waals surface area contributed by atoms with Crippen LogP contribution in [0.4, 0.5) is 5.69 Å². The number of hydrogen-bond acceptors (Lipinski definition) is 3. The van der Waals surface area contributed by atoms with Crippen molar-refractivity contribution in [1.29, 1.82) is 0 Å². The number of amides is 1. The summed E-state index contributed by atoms with van der Waals surface area (Å²) in [6.45, 7) is 1.29. The van der Waals surface area contributed by atoms with Crippen LogP contribution in [0.5, 0.6) is 0 Å². The number of nitrogens with one attached hydrogen (secondary N) is 1. The van der Waals surface area contributed by atoms with Crippen LogP contribution in [0.25, 0.3) is 0 Å². The number of carbonyl (C=O) groups is 2. The molecular formula is C16H22N2O3. The van der Waals surface area contributed by atoms with E-state index >= 15 is 0 Å². The Morgan fingerprint density at radius 2 is 1.90 bits per heavy atom. The maximum absolute atomic E-state index is 12.0. The maximum Gasteiger partial charge on any atom is 0.306 e. The number of hydrogen-bond donors (Lipinski definition) is 2. The molecule has 0 saturated heterocycles. The van der Waals surface area contributed by atoms with Crippen molar-refractivity contribution in [1.82, 2.24) is 5.32 Å². The van der Waals surface area contributed by atoms with Gasteiger partial charge in [0.25, 0.3) is 0 Å². The number of carboxylic acids is 1. The predicted molar refractivity (Wildman–Crippen MR) is 81.2 cm³/mol. The standard InChI is InChI=1S/C16H22N2O3/c1-18(14-5-3-2-4-6-14)10-9-17-15(19)12-7-8-13(11-12)16(20)21/h2-6,12-13H,7-11H2,1H3,(H,17,19)(H,20,21)/t12-,13+/m1/s1. The molecule has 1 saturated carbocycles. The van der Waals surface area contributed by atoms with Crippen LogP contribution < -0.4 is 10.2 Å². The van der Waals surface area contributed by atoms with Crippen LogP contribution >= 0.6 is 0 Å². The van der Waals surface area contributed by atoms with Crippen LogP contribution in [-0.2, 0) is 9.59 Å². The minimum atomic E-state index is -0.783. The van der Waals surface area contributed by atoms with Crippen LogP contribution in [0.1, 0.15) is 19.3 Å². The lowest BCUT2D eigenvalue weighted by Crippen LogP contribution is -2.36. The number of rotatable bonds is 6. The highest BCUT2D eigenvalue weighted by Crippen LogP contribution is 2.31. The zero-order chi connectivity index (χ0) is 15.2. The maximum atomic E-state index is 12.0. The molecule has 0 unspecified atom stereocenters. The first kappa shape index (κ1) is 15.4. The van der Waals surface area contributed by atoms with E-state index in [-0.39, 0.29) is 17.7 Å². The number of carbonyl (C=O) groups excluding carboxylic acids is 1. The number of aliphatic carboxylic acids is 1. The monoisotopic (exact) mass is 290 g/mol. The number of benzene rings is 1. The first-order chi connectivity index (χ1) is 10.1. The average molecular weight is 290 g/mol. The lowest BCUT2D eigenvalue weighted by atomic mass is 10.0. The number of para-hydroxylation sites is 1. The van der Waals surface area contributed by atoms with E-state index in [0.717, 1.165) is 12.2 Å². The van der Waals surface area contributed by atoms with Crippen LogP contribution in [-0.4, -0.2) is 37.1 Å². The molecule has 0 radical (unpaired) electrons. The highest BCUT2D eigenvalue weighted by Gasteiger charge is 2.33. The Balaban J connectivity index is 1.71. The number of anilines is 1. The molecule has 21 heavy (non-hydrogen) atoms. The summed E-state index contributed by atoms with van der Waals surface area (Å²) >= 11 is 0. The fraction of sp³-hybridized carbons (Fsp3) is 0.500. The molecule has 1 aliphatic rings. The molecule has 2 rings (SSSR count). The predicted octanol–water partition coefficient (Wildman–Crippen LogP) is 1.74. The van der Waals surface area contributed by atoms with Gasteiger partial charge < -0.3 is 15.3 Å². The molecule has 0 heterocycles. The summed E-state index contributed by atoms with van der Waals surface area (Å²) in [6, 6.07) is 9.98. The summed E-state index contributed by atoms with van der Waals surface area (Å²) in [5.41, 5.74) is 1.11. The van der Waals surface area contributed by atoms with Crippen LogP contribution in [0, 0.1) is 11.8 Å². The van der Waals surface area contributed by atoms with E-state index in [1.807, 2.05) is 37.4 Å². The Kier molecular flexibility index (Phi) is 5.20. The molecule has 114 valence electrons. The van der Waals surface area contributed by atoms with Crippen molar-refractivity contribution < 1.29 is 14.7 Å². The highest BCUT2D eigenvalue weighted by atomic mass is 16.4. The zero-order valence-corrected chi connectivity index (χ0v) is 12.3. The Morgan fingerprint density at radius 1 is 1.24 bits per heavy atom. The van der Waals surface area contributed by atoms with Crippen molar-refractivity contribution in [3.05, 3.63) is 30.3 Å². The van der Waals surface area contributed by atoms with E-state index in [4.69, 9.17) is 5.11 Å². The van der Waals surface area contributed by atoms with Crippen molar-refractivity contribution in [2.75, 3.05) is 25.0 Å². The van der Waals surface area contributed by atoms with Gasteiger partial charge >= 0.3 is 5.97 Å². The molecule has 5 heteroatoms. The summed E-state index contributed by atoms with van der Waals surface area (Å²) in [4.78, 5) is 25.0. The average Bonchev–Trinajstić information content (AvgIpc) is 2.98. The zero-order valence-electron chi connectivity index (χ0n) is 12.3. The van der Waals surface area contributed by atoms with Gasteiger partial charge in [0, 0.05) is 31.7 Å². The van der Waals surface area contributed by atoms with Gasteiger partial charge in [0.2, 0.25) is 5.91 Å². The summed E-state index contributed by atoms with van der Waals surface area (Å²) in [5.74, 6) is -1.30. The van der Waals surface area contributed by atoms with Crippen molar-refractivity contribution in [2.45, 2.75) is 19.3 Å². The Labute approximate surface area is 125 Å². The Bertz CT molecular complexity index is 490. The largest absolute Gasteiger partial charge is 0.481 e. The smallest absolute Gasteiger partial charge is 0.306 e. The van der Waals surface area contributed by atoms with Crippen molar-refractivity contribution in [3.63, 3.8) is 0 Å². The molecule has 1 aromatic rings. The van der Waals surface area contributed by atoms with E-state index < -0.39 is 5.97 Å². The summed E-state index contributed by atoms with van der Waals surface area (Å²) < 4.78 is 0. The third-order valence-corrected chi connectivity index (χ3v) is 4.10. The second-order valence-corrected chi connectivity index (χ2v) is 5.59. The third kappa shape index (κ3) is 4.21. The second kappa shape index (κ2) is 7.11. The van der Waals surface area contributed by atoms with Gasteiger partial charge in [0.1, 0.15) is 0 Å². The summed E-state index contributed by atoms with van der Waals surface area (Å²) in [5, 5.41) is 11.9. The Hall–Kier alpha value is -2.04. The second-order valence-electron chi connectivity index (χ2n) is 5.59. The van der Waals surface area contributed by atoms with Crippen molar-refractivity contribution in [2.24, 2.45) is 11.8 Å². The minimum absolute atomic E-state index is 0.0137. The summed E-state index contributed by atoms with van der Waals surface area (Å²) in [6.07, 6.45) is 1.75. The first-order valence-electron chi connectivity index (χ1n) is 7.34. The topological polar surface area (TPSA) is 69.6 Å². The molecule has 1 aliphatic carbocycles. The minimum Gasteiger partial charge on any atom is -0.481 e. The van der Waals surface area contributed by atoms with Gasteiger partial charge in [-0.3, -0.25) is 9.59 Å². The molecule has 0 aliphatic heterocycles. The normalized spacial score (nSPS) is 21.0. The molecule has 1 aromatic carbocycles. The van der Waals surface area contributed by atoms with Crippen molar-refractivity contribution >= 4 is 17.6 Å². The number of likely N-dealkylation sites (N-methyl/N-ethyl adjacent to an activating group) is 1. The fourth-order valence-electron chi connectivity index (χ4n) is 2.75. The van der Waals surface area contributed by atoms with Crippen LogP contribution in [0.15, 0.2) is 30.3 Å². The molecule has 0 aromatic heterocycles. The molecule has 2 atom stereocenters. The van der Waals surface area contributed by atoms with Crippen LogP contribution in [0.3, 0.4) is 0 Å². The lowest BCUT2D eigenvalue weighted by Gasteiger charge is -2.20. The fourth-order valence-corrected chi connectivity index (χ4v) is 2.75. The van der Waals surface area contributed by atoms with Crippen molar-refractivity contribution in [3.8, 4) is 0 Å². The lowest BCUT2D eigenvalue weighted by molar-refractivity contribution is -0.141. The Morgan fingerprint density at radius 3 is 2.52 bits per heavy atom. The first-order valence-corrected chi connectivity index (χ1v) is 7.34. The van der Waals surface area contributed by atoms with Crippen LogP contribution in [0.2, 0.25) is 0 Å². The van der Waals surface area contributed by atoms with Gasteiger partial charge in [-0.2, -0.15) is 0 Å². The molecule has 1 amide bonds. The molecule has 2 N–H and O–H groups in total.